The quantitative estimate of drug-likeness (QED) is 0.0914. The third kappa shape index (κ3) is 42400. The second-order valence-electron chi connectivity index (χ2n) is 1.71. The molecule has 0 spiro atoms. The molecular weight excluding hydrogens is 612 g/mol. The van der Waals surface area contributed by atoms with Crippen LogP contribution in [0, 0.1) is 41.7 Å². The first-order valence-corrected chi connectivity index (χ1v) is 8.19. The van der Waals surface area contributed by atoms with E-state index in [0.29, 0.717) is 0 Å². The predicted octanol–water partition coefficient (Wildman–Crippen LogP) is -4.98. The number of hydrogen-bond acceptors (Lipinski definition) is 16. The fraction of sp³-hybridized carbons (Fsp3) is 0. The summed E-state index contributed by atoms with van der Waals surface area (Å²) in [5.74, 6) is 0. The molecular formula is H20CeN4O18S4-4. The first-order chi connectivity index (χ1) is 8.00. The summed E-state index contributed by atoms with van der Waals surface area (Å²) in [6.07, 6.45) is 0. The van der Waals surface area contributed by atoms with E-state index in [1.54, 1.807) is 0 Å². The van der Waals surface area contributed by atoms with Gasteiger partial charge < -0.3 is 53.8 Å². The van der Waals surface area contributed by atoms with E-state index in [1.165, 1.54) is 0 Å². The van der Waals surface area contributed by atoms with Crippen LogP contribution in [0.3, 0.4) is 0 Å². The van der Waals surface area contributed by atoms with Gasteiger partial charge in [-0.05, 0) is 0 Å². The second-order valence-corrected chi connectivity index (χ2v) is 5.13. The van der Waals surface area contributed by atoms with Gasteiger partial charge in [-0.25, -0.2) is 33.7 Å². The zero-order chi connectivity index (χ0) is 18.0. The van der Waals surface area contributed by atoms with Crippen molar-refractivity contribution in [2.24, 2.45) is 0 Å². The molecule has 0 aromatic rings. The molecule has 0 atom stereocenters. The van der Waals surface area contributed by atoms with E-state index in [4.69, 9.17) is 70.1 Å². The molecule has 0 aromatic heterocycles. The molecule has 0 aliphatic heterocycles. The fourth-order valence-corrected chi connectivity index (χ4v) is 0. The second kappa shape index (κ2) is 28.8. The van der Waals surface area contributed by atoms with E-state index < -0.39 is 41.6 Å². The third-order valence-electron chi connectivity index (χ3n) is 0. The summed E-state index contributed by atoms with van der Waals surface area (Å²) in [7, 11) is -19.7. The van der Waals surface area contributed by atoms with Gasteiger partial charge in [-0.3, -0.25) is 18.2 Å². The van der Waals surface area contributed by atoms with Crippen LogP contribution in [0.5, 0.6) is 0 Å². The summed E-state index contributed by atoms with van der Waals surface area (Å²) in [6, 6.07) is 0. The first kappa shape index (κ1) is 70.9. The monoisotopic (exact) mass is 632 g/mol. The number of hydrogen-bond donors (Lipinski definition) is 8. The van der Waals surface area contributed by atoms with E-state index in [1.807, 2.05) is 0 Å². The van der Waals surface area contributed by atoms with Gasteiger partial charge in [-0.1, -0.05) is 0 Å². The van der Waals surface area contributed by atoms with Crippen LogP contribution < -0.4 is 24.6 Å². The zero-order valence-electron chi connectivity index (χ0n) is 12.6. The topological polar surface area (TPSA) is 513 Å². The van der Waals surface area contributed by atoms with Crippen LogP contribution >= 0.6 is 0 Å². The summed E-state index contributed by atoms with van der Waals surface area (Å²) in [5.41, 5.74) is 0. The standard InChI is InChI=1S/Ce.4H3N.4H2O4S.2H2O/c;;;;;4*1-5(2,3)4;;/h;4*1H3;4*(H2,1,2,3,4);2*1H2/p-4. The van der Waals surface area contributed by atoms with Crippen LogP contribution in [0.1, 0.15) is 0 Å². The van der Waals surface area contributed by atoms with Gasteiger partial charge in [0.15, 0.2) is 0 Å². The predicted molar refractivity (Wildman–Crippen MR) is 76.6 cm³/mol. The molecule has 0 saturated heterocycles. The molecule has 0 unspecified atom stereocenters. The molecule has 27 heteroatoms. The van der Waals surface area contributed by atoms with E-state index in [2.05, 4.69) is 0 Å². The largest absolute Gasteiger partial charge is 0.726 e. The van der Waals surface area contributed by atoms with Crippen molar-refractivity contribution in [1.82, 2.24) is 24.6 Å². The van der Waals surface area contributed by atoms with Crippen molar-refractivity contribution in [2.75, 3.05) is 0 Å². The van der Waals surface area contributed by atoms with Crippen molar-refractivity contribution >= 4 is 41.6 Å². The van der Waals surface area contributed by atoms with E-state index in [9.17, 15) is 0 Å². The minimum Gasteiger partial charge on any atom is -0.726 e. The average molecular weight is 633 g/mol. The van der Waals surface area contributed by atoms with E-state index in [-0.39, 0.29) is 77.3 Å². The molecule has 0 radical (unpaired) electrons. The van der Waals surface area contributed by atoms with Crippen molar-refractivity contribution < 1.29 is 123 Å². The molecule has 0 saturated carbocycles. The Morgan fingerprint density at radius 3 is 0.407 bits per heavy atom. The third-order valence-corrected chi connectivity index (χ3v) is 0. The molecule has 0 heterocycles. The Labute approximate surface area is 187 Å². The van der Waals surface area contributed by atoms with Crippen LogP contribution in [-0.2, 0) is 41.6 Å². The van der Waals surface area contributed by atoms with Crippen LogP contribution in [0.4, 0.5) is 0 Å². The Morgan fingerprint density at radius 1 is 0.407 bits per heavy atom. The minimum atomic E-state index is -4.92. The minimum absolute atomic E-state index is 0. The number of rotatable bonds is 0. The molecule has 0 aliphatic rings. The molecule has 0 bridgehead atoms. The Bertz CT molecular complexity index is 490. The molecule has 0 rings (SSSR count). The van der Waals surface area contributed by atoms with E-state index >= 15 is 0 Å². The maximum atomic E-state index is 8.63. The Balaban J connectivity index is -0.0000000129. The van der Waals surface area contributed by atoms with Gasteiger partial charge in [-0.2, -0.15) is 0 Å². The zero-order valence-corrected chi connectivity index (χ0v) is 19.1. The van der Waals surface area contributed by atoms with Gasteiger partial charge in [-0.15, -0.1) is 0 Å². The maximum absolute atomic E-state index is 8.63. The van der Waals surface area contributed by atoms with Crippen LogP contribution in [0.2, 0.25) is 0 Å². The normalized spacial score (nSPS) is 8.59. The van der Waals surface area contributed by atoms with Gasteiger partial charge in [0, 0.05) is 41.7 Å². The van der Waals surface area contributed by atoms with E-state index in [0.717, 1.165) is 0 Å². The SMILES string of the molecule is N.N.N.N.O.O.O=S(=O)([O-])O.O=S(=O)([O-])O.O=S(=O)([O-])O.O=S(=O)([O-])O.[Ce]. The Morgan fingerprint density at radius 2 is 0.407 bits per heavy atom. The maximum Gasteiger partial charge on any atom is 0.215 e. The molecule has 27 heavy (non-hydrogen) atoms. The van der Waals surface area contributed by atoms with Crippen molar-refractivity contribution in [1.29, 1.82) is 0 Å². The fourth-order valence-electron chi connectivity index (χ4n) is 0. The molecule has 0 aromatic carbocycles. The van der Waals surface area contributed by atoms with Crippen LogP contribution in [-0.4, -0.2) is 81.0 Å². The molecule has 0 fully saturated rings. The average Bonchev–Trinajstić information content (AvgIpc) is 1.62. The van der Waals surface area contributed by atoms with Gasteiger partial charge >= 0.3 is 0 Å². The van der Waals surface area contributed by atoms with Crippen LogP contribution in [0.15, 0.2) is 0 Å². The Hall–Kier alpha value is 0.617. The van der Waals surface area contributed by atoms with Gasteiger partial charge in [0.1, 0.15) is 0 Å². The summed E-state index contributed by atoms with van der Waals surface area (Å²) >= 11 is 0. The smallest absolute Gasteiger partial charge is 0.215 e. The van der Waals surface area contributed by atoms with Gasteiger partial charge in [0.25, 0.3) is 0 Å². The van der Waals surface area contributed by atoms with Crippen molar-refractivity contribution in [3.63, 3.8) is 0 Å². The van der Waals surface area contributed by atoms with Gasteiger partial charge in [0.2, 0.25) is 41.6 Å². The summed E-state index contributed by atoms with van der Waals surface area (Å²) in [5, 5.41) is 0. The molecule has 22 nitrogen and oxygen atoms in total. The van der Waals surface area contributed by atoms with Crippen LogP contribution in [0.25, 0.3) is 0 Å². The molecule has 20 N–H and O–H groups in total. The summed E-state index contributed by atoms with van der Waals surface area (Å²) < 4.78 is 131. The summed E-state index contributed by atoms with van der Waals surface area (Å²) in [6.45, 7) is 0. The first-order valence-electron chi connectivity index (χ1n) is 2.73. The van der Waals surface area contributed by atoms with Crippen molar-refractivity contribution in [2.45, 2.75) is 0 Å². The summed E-state index contributed by atoms with van der Waals surface area (Å²) in [4.78, 5) is 0. The molecule has 0 aliphatic carbocycles. The Kier molecular flexibility index (Phi) is 75.6. The molecule has 180 valence electrons. The van der Waals surface area contributed by atoms with Crippen molar-refractivity contribution in [3.8, 4) is 0 Å². The molecule has 0 amide bonds. The van der Waals surface area contributed by atoms with Gasteiger partial charge in [0.05, 0.1) is 0 Å². The van der Waals surface area contributed by atoms with Crippen molar-refractivity contribution in [3.05, 3.63) is 0 Å².